The van der Waals surface area contributed by atoms with Crippen LogP contribution in [0.1, 0.15) is 5.56 Å². The fourth-order valence-corrected chi connectivity index (χ4v) is 2.17. The first kappa shape index (κ1) is 13.2. The van der Waals surface area contributed by atoms with Crippen molar-refractivity contribution in [3.8, 4) is 0 Å². The zero-order valence-electron chi connectivity index (χ0n) is 11.2. The first-order valence-corrected chi connectivity index (χ1v) is 6.41. The van der Waals surface area contributed by atoms with Crippen LogP contribution in [0.4, 0.5) is 5.69 Å². The molecule has 19 heavy (non-hydrogen) atoms. The maximum Gasteiger partial charge on any atom is 0.0378 e. The molecule has 0 bridgehead atoms. The Balaban J connectivity index is 2.42. The number of nitrogens with zero attached hydrogens (tertiary/aromatic N) is 1. The largest absolute Gasteiger partial charge is 0.364 e. The predicted molar refractivity (Wildman–Crippen MR) is 86.6 cm³/mol. The van der Waals surface area contributed by atoms with Crippen molar-refractivity contribution in [3.05, 3.63) is 73.9 Å². The molecule has 2 aromatic carbocycles. The number of rotatable bonds is 6. The standard InChI is InChI=1S/C18H19N/c1-4-11-19(12-5-2)18-10-9-16-13-15(6-3)7-8-17(16)14-18/h4-10,13-14H,1-3,11-12H2. The van der Waals surface area contributed by atoms with E-state index in [0.29, 0.717) is 0 Å². The first-order chi connectivity index (χ1) is 9.28. The zero-order valence-corrected chi connectivity index (χ0v) is 11.2. The molecule has 0 heterocycles. The molecule has 0 N–H and O–H groups in total. The van der Waals surface area contributed by atoms with Gasteiger partial charge in [0.15, 0.2) is 0 Å². The van der Waals surface area contributed by atoms with Crippen molar-refractivity contribution in [3.63, 3.8) is 0 Å². The molecule has 0 aromatic heterocycles. The summed E-state index contributed by atoms with van der Waals surface area (Å²) in [5.74, 6) is 0. The van der Waals surface area contributed by atoms with Gasteiger partial charge in [0.05, 0.1) is 0 Å². The molecule has 2 aromatic rings. The molecule has 96 valence electrons. The molecular formula is C18H19N. The van der Waals surface area contributed by atoms with Gasteiger partial charge in [0.1, 0.15) is 0 Å². The van der Waals surface area contributed by atoms with E-state index in [-0.39, 0.29) is 0 Å². The van der Waals surface area contributed by atoms with Crippen molar-refractivity contribution in [1.29, 1.82) is 0 Å². The molecule has 0 atom stereocenters. The van der Waals surface area contributed by atoms with Crippen molar-refractivity contribution in [2.45, 2.75) is 0 Å². The fraction of sp³-hybridized carbons (Fsp3) is 0.111. The second-order valence-corrected chi connectivity index (χ2v) is 4.48. The van der Waals surface area contributed by atoms with E-state index in [0.717, 1.165) is 18.7 Å². The van der Waals surface area contributed by atoms with E-state index in [4.69, 9.17) is 0 Å². The van der Waals surface area contributed by atoms with Crippen molar-refractivity contribution in [2.75, 3.05) is 18.0 Å². The first-order valence-electron chi connectivity index (χ1n) is 6.41. The molecule has 0 aliphatic rings. The highest BCUT2D eigenvalue weighted by atomic mass is 15.1. The molecule has 0 radical (unpaired) electrons. The smallest absolute Gasteiger partial charge is 0.0378 e. The minimum Gasteiger partial charge on any atom is -0.364 e. The summed E-state index contributed by atoms with van der Waals surface area (Å²) < 4.78 is 0. The van der Waals surface area contributed by atoms with Gasteiger partial charge in [-0.05, 0) is 34.5 Å². The van der Waals surface area contributed by atoms with Crippen LogP contribution in [0.15, 0.2) is 68.3 Å². The van der Waals surface area contributed by atoms with Gasteiger partial charge in [-0.25, -0.2) is 0 Å². The molecule has 2 rings (SSSR count). The topological polar surface area (TPSA) is 3.24 Å². The molecule has 0 spiro atoms. The lowest BCUT2D eigenvalue weighted by atomic mass is 10.1. The number of fused-ring (bicyclic) bond motifs is 1. The Kier molecular flexibility index (Phi) is 4.19. The minimum atomic E-state index is 0.822. The summed E-state index contributed by atoms with van der Waals surface area (Å²) in [7, 11) is 0. The number of benzene rings is 2. The lowest BCUT2D eigenvalue weighted by molar-refractivity contribution is 0.958. The molecule has 0 aliphatic heterocycles. The van der Waals surface area contributed by atoms with E-state index in [9.17, 15) is 0 Å². The Morgan fingerprint density at radius 1 is 0.842 bits per heavy atom. The molecule has 0 aliphatic carbocycles. The van der Waals surface area contributed by atoms with E-state index in [1.165, 1.54) is 16.5 Å². The molecule has 1 heteroatoms. The van der Waals surface area contributed by atoms with Gasteiger partial charge in [-0.1, -0.05) is 43.0 Å². The van der Waals surface area contributed by atoms with E-state index in [1.54, 1.807) is 0 Å². The van der Waals surface area contributed by atoms with Crippen LogP contribution < -0.4 is 4.90 Å². The second kappa shape index (κ2) is 6.05. The van der Waals surface area contributed by atoms with Gasteiger partial charge in [0, 0.05) is 18.8 Å². The quantitative estimate of drug-likeness (QED) is 0.673. The summed E-state index contributed by atoms with van der Waals surface area (Å²) in [6.07, 6.45) is 5.69. The summed E-state index contributed by atoms with van der Waals surface area (Å²) in [6, 6.07) is 12.9. The number of anilines is 1. The molecule has 0 fully saturated rings. The van der Waals surface area contributed by atoms with Crippen LogP contribution in [0.2, 0.25) is 0 Å². The molecule has 0 unspecified atom stereocenters. The predicted octanol–water partition coefficient (Wildman–Crippen LogP) is 4.66. The van der Waals surface area contributed by atoms with Crippen LogP contribution >= 0.6 is 0 Å². The number of hydrogen-bond acceptors (Lipinski definition) is 1. The van der Waals surface area contributed by atoms with Gasteiger partial charge in [0.2, 0.25) is 0 Å². The van der Waals surface area contributed by atoms with E-state index < -0.39 is 0 Å². The maximum atomic E-state index is 3.81. The highest BCUT2D eigenvalue weighted by Gasteiger charge is 2.04. The zero-order chi connectivity index (χ0) is 13.7. The normalized spacial score (nSPS) is 10.1. The van der Waals surface area contributed by atoms with Crippen molar-refractivity contribution in [1.82, 2.24) is 0 Å². The van der Waals surface area contributed by atoms with Crippen molar-refractivity contribution in [2.24, 2.45) is 0 Å². The van der Waals surface area contributed by atoms with Crippen LogP contribution in [0.25, 0.3) is 16.8 Å². The highest BCUT2D eigenvalue weighted by Crippen LogP contribution is 2.23. The maximum absolute atomic E-state index is 3.81. The average molecular weight is 249 g/mol. The molecule has 0 saturated heterocycles. The van der Waals surface area contributed by atoms with Crippen molar-refractivity contribution < 1.29 is 0 Å². The second-order valence-electron chi connectivity index (χ2n) is 4.48. The van der Waals surface area contributed by atoms with Crippen molar-refractivity contribution >= 4 is 22.5 Å². The van der Waals surface area contributed by atoms with Crippen LogP contribution in [0.3, 0.4) is 0 Å². The summed E-state index contributed by atoms with van der Waals surface area (Å²) in [5, 5.41) is 2.47. The van der Waals surface area contributed by atoms with Gasteiger partial charge >= 0.3 is 0 Å². The van der Waals surface area contributed by atoms with E-state index >= 15 is 0 Å². The third kappa shape index (κ3) is 2.94. The Morgan fingerprint density at radius 2 is 1.47 bits per heavy atom. The fourth-order valence-electron chi connectivity index (χ4n) is 2.17. The van der Waals surface area contributed by atoms with Crippen LogP contribution in [-0.2, 0) is 0 Å². The van der Waals surface area contributed by atoms with Gasteiger partial charge in [-0.3, -0.25) is 0 Å². The Hall–Kier alpha value is -2.28. The molecule has 0 amide bonds. The van der Waals surface area contributed by atoms with Crippen LogP contribution in [0.5, 0.6) is 0 Å². The summed E-state index contributed by atoms with van der Waals surface area (Å²) in [4.78, 5) is 2.24. The average Bonchev–Trinajstić information content (AvgIpc) is 2.46. The Labute approximate surface area is 115 Å². The molecular weight excluding hydrogens is 230 g/mol. The SMILES string of the molecule is C=CCN(CC=C)c1ccc2cc(C=C)ccc2c1. The van der Waals surface area contributed by atoms with Crippen LogP contribution in [-0.4, -0.2) is 13.1 Å². The molecule has 0 saturated carbocycles. The van der Waals surface area contributed by atoms with E-state index in [1.807, 2.05) is 18.2 Å². The molecule has 1 nitrogen and oxygen atoms in total. The lowest BCUT2D eigenvalue weighted by Gasteiger charge is -2.22. The van der Waals surface area contributed by atoms with Crippen LogP contribution in [0, 0.1) is 0 Å². The minimum absolute atomic E-state index is 0.822. The van der Waals surface area contributed by atoms with Gasteiger partial charge in [0.25, 0.3) is 0 Å². The van der Waals surface area contributed by atoms with Gasteiger partial charge < -0.3 is 4.90 Å². The lowest BCUT2D eigenvalue weighted by Crippen LogP contribution is -2.22. The summed E-state index contributed by atoms with van der Waals surface area (Å²) in [5.41, 5.74) is 2.34. The van der Waals surface area contributed by atoms with Gasteiger partial charge in [-0.15, -0.1) is 13.2 Å². The number of hydrogen-bond donors (Lipinski definition) is 0. The highest BCUT2D eigenvalue weighted by molar-refractivity contribution is 5.87. The monoisotopic (exact) mass is 249 g/mol. The van der Waals surface area contributed by atoms with E-state index in [2.05, 4.69) is 61.0 Å². The Morgan fingerprint density at radius 3 is 2.11 bits per heavy atom. The van der Waals surface area contributed by atoms with Gasteiger partial charge in [-0.2, -0.15) is 0 Å². The summed E-state index contributed by atoms with van der Waals surface area (Å²) in [6.45, 7) is 13.1. The third-order valence-electron chi connectivity index (χ3n) is 3.15. The summed E-state index contributed by atoms with van der Waals surface area (Å²) >= 11 is 0. The Bertz CT molecular complexity index is 600. The third-order valence-corrected chi connectivity index (χ3v) is 3.15.